The standard InChI is InChI=1S/C38H40N2S3/c1-21(2)25-11-9-12-26(22(3)4)35(25)33-19-17-31(41-33)29-15-16-30(38-37(29)39-43-40-38)32-18-20-34(42-32)36-27(23(5)6)13-10-14-28(36)24(7)8/h9-24H,1-8H3. The molecule has 0 aliphatic heterocycles. The van der Waals surface area contributed by atoms with Crippen molar-refractivity contribution in [2.24, 2.45) is 0 Å². The minimum Gasteiger partial charge on any atom is -0.172 e. The highest BCUT2D eigenvalue weighted by Gasteiger charge is 2.21. The zero-order valence-electron chi connectivity index (χ0n) is 26.4. The maximum Gasteiger partial charge on any atom is 0.114 e. The fourth-order valence-corrected chi connectivity index (χ4v) is 8.99. The Hall–Kier alpha value is -3.12. The van der Waals surface area contributed by atoms with Crippen molar-refractivity contribution in [1.82, 2.24) is 8.75 Å². The molecule has 3 aromatic carbocycles. The van der Waals surface area contributed by atoms with Crippen molar-refractivity contribution in [3.05, 3.63) is 95.1 Å². The van der Waals surface area contributed by atoms with Gasteiger partial charge < -0.3 is 0 Å². The van der Waals surface area contributed by atoms with E-state index in [2.05, 4.69) is 128 Å². The molecule has 0 bridgehead atoms. The average Bonchev–Trinajstić information content (AvgIpc) is 3.77. The maximum atomic E-state index is 4.84. The van der Waals surface area contributed by atoms with E-state index in [-0.39, 0.29) is 0 Å². The first kappa shape index (κ1) is 29.9. The quantitative estimate of drug-likeness (QED) is 0.169. The fraction of sp³-hybridized carbons (Fsp3) is 0.316. The van der Waals surface area contributed by atoms with Crippen LogP contribution < -0.4 is 0 Å². The predicted molar refractivity (Wildman–Crippen MR) is 191 cm³/mol. The van der Waals surface area contributed by atoms with Gasteiger partial charge in [0.1, 0.15) is 11.0 Å². The van der Waals surface area contributed by atoms with Crippen molar-refractivity contribution < 1.29 is 0 Å². The zero-order valence-corrected chi connectivity index (χ0v) is 28.8. The molecule has 0 N–H and O–H groups in total. The molecule has 0 fully saturated rings. The van der Waals surface area contributed by atoms with Crippen molar-refractivity contribution in [2.45, 2.75) is 79.1 Å². The van der Waals surface area contributed by atoms with Crippen molar-refractivity contribution in [1.29, 1.82) is 0 Å². The number of hydrogen-bond acceptors (Lipinski definition) is 5. The van der Waals surface area contributed by atoms with Crippen LogP contribution in [0.15, 0.2) is 72.8 Å². The Balaban J connectivity index is 1.42. The normalized spacial score (nSPS) is 12.1. The molecule has 6 aromatic rings. The third kappa shape index (κ3) is 5.52. The molecule has 5 heteroatoms. The van der Waals surface area contributed by atoms with E-state index in [1.807, 2.05) is 22.7 Å². The van der Waals surface area contributed by atoms with Gasteiger partial charge in [-0.3, -0.25) is 0 Å². The number of thiophene rings is 2. The second-order valence-electron chi connectivity index (χ2n) is 12.7. The Morgan fingerprint density at radius 1 is 0.419 bits per heavy atom. The monoisotopic (exact) mass is 620 g/mol. The molecule has 0 aliphatic carbocycles. The molecule has 0 atom stereocenters. The van der Waals surface area contributed by atoms with Crippen LogP contribution in [0.1, 0.15) is 101 Å². The first-order chi connectivity index (χ1) is 20.7. The highest BCUT2D eigenvalue weighted by atomic mass is 32.1. The highest BCUT2D eigenvalue weighted by Crippen LogP contribution is 2.46. The van der Waals surface area contributed by atoms with Crippen LogP contribution in [-0.4, -0.2) is 8.75 Å². The van der Waals surface area contributed by atoms with E-state index >= 15 is 0 Å². The van der Waals surface area contributed by atoms with Crippen LogP contribution in [0.3, 0.4) is 0 Å². The molecule has 6 rings (SSSR count). The first-order valence-corrected chi connectivity index (χ1v) is 17.7. The lowest BCUT2D eigenvalue weighted by molar-refractivity contribution is 0.838. The first-order valence-electron chi connectivity index (χ1n) is 15.4. The predicted octanol–water partition coefficient (Wildman–Crippen LogP) is 13.0. The van der Waals surface area contributed by atoms with Crippen LogP contribution in [-0.2, 0) is 0 Å². The van der Waals surface area contributed by atoms with Crippen LogP contribution >= 0.6 is 34.4 Å². The summed E-state index contributed by atoms with van der Waals surface area (Å²) >= 11 is 5.05. The van der Waals surface area contributed by atoms with Gasteiger partial charge >= 0.3 is 0 Å². The Kier molecular flexibility index (Phi) is 8.43. The zero-order chi connectivity index (χ0) is 30.4. The summed E-state index contributed by atoms with van der Waals surface area (Å²) in [6, 6.07) is 27.3. The molecule has 0 saturated carbocycles. The molecule has 0 unspecified atom stereocenters. The number of nitrogens with zero attached hydrogens (tertiary/aromatic N) is 2. The Labute approximate surface area is 268 Å². The third-order valence-corrected chi connectivity index (χ3v) is 11.2. The van der Waals surface area contributed by atoms with Gasteiger partial charge in [-0.05, 0) is 81.3 Å². The van der Waals surface area contributed by atoms with Gasteiger partial charge in [0.25, 0.3) is 0 Å². The number of aromatic nitrogens is 2. The number of benzene rings is 3. The molecular weight excluding hydrogens is 581 g/mol. The molecule has 3 aromatic heterocycles. The molecule has 0 radical (unpaired) electrons. The minimum atomic E-state index is 0.466. The van der Waals surface area contributed by atoms with Gasteiger partial charge in [-0.2, -0.15) is 8.75 Å². The second-order valence-corrected chi connectivity index (χ2v) is 15.4. The molecule has 0 spiro atoms. The summed E-state index contributed by atoms with van der Waals surface area (Å²) in [6.45, 7) is 18.3. The van der Waals surface area contributed by atoms with Crippen molar-refractivity contribution >= 4 is 45.4 Å². The van der Waals surface area contributed by atoms with E-state index in [1.165, 1.54) is 75.7 Å². The van der Waals surface area contributed by atoms with Crippen molar-refractivity contribution in [2.75, 3.05) is 0 Å². The summed E-state index contributed by atoms with van der Waals surface area (Å²) in [5, 5.41) is 0. The average molecular weight is 621 g/mol. The summed E-state index contributed by atoms with van der Waals surface area (Å²) in [5.41, 5.74) is 12.8. The second kappa shape index (κ2) is 12.1. The van der Waals surface area contributed by atoms with Gasteiger partial charge in [0.15, 0.2) is 0 Å². The molecule has 0 saturated heterocycles. The van der Waals surface area contributed by atoms with E-state index in [9.17, 15) is 0 Å². The summed E-state index contributed by atoms with van der Waals surface area (Å²) < 4.78 is 9.67. The topological polar surface area (TPSA) is 25.8 Å². The van der Waals surface area contributed by atoms with E-state index < -0.39 is 0 Å². The van der Waals surface area contributed by atoms with Crippen LogP contribution in [0.5, 0.6) is 0 Å². The van der Waals surface area contributed by atoms with Gasteiger partial charge in [0.2, 0.25) is 0 Å². The lowest BCUT2D eigenvalue weighted by Gasteiger charge is -2.18. The lowest BCUT2D eigenvalue weighted by atomic mass is 9.88. The van der Waals surface area contributed by atoms with Gasteiger partial charge in [-0.15, -0.1) is 22.7 Å². The van der Waals surface area contributed by atoms with E-state index in [4.69, 9.17) is 8.75 Å². The van der Waals surface area contributed by atoms with Gasteiger partial charge in [-0.25, -0.2) is 0 Å². The maximum absolute atomic E-state index is 4.84. The van der Waals surface area contributed by atoms with Gasteiger partial charge in [-0.1, -0.05) is 104 Å². The van der Waals surface area contributed by atoms with Gasteiger partial charge in [0, 0.05) is 30.6 Å². The smallest absolute Gasteiger partial charge is 0.114 e. The highest BCUT2D eigenvalue weighted by molar-refractivity contribution is 7.19. The molecule has 220 valence electrons. The largest absolute Gasteiger partial charge is 0.172 e. The minimum absolute atomic E-state index is 0.466. The summed E-state index contributed by atoms with van der Waals surface area (Å²) in [4.78, 5) is 5.14. The van der Waals surface area contributed by atoms with Gasteiger partial charge in [0.05, 0.1) is 11.7 Å². The summed E-state index contributed by atoms with van der Waals surface area (Å²) in [5.74, 6) is 1.86. The van der Waals surface area contributed by atoms with E-state index in [0.717, 1.165) is 11.0 Å². The molecule has 3 heterocycles. The molecular formula is C38H40N2S3. The van der Waals surface area contributed by atoms with E-state index in [1.54, 1.807) is 0 Å². The molecule has 0 amide bonds. The summed E-state index contributed by atoms with van der Waals surface area (Å²) in [7, 11) is 0. The van der Waals surface area contributed by atoms with Crippen LogP contribution in [0.25, 0.3) is 52.8 Å². The number of fused-ring (bicyclic) bond motifs is 1. The lowest BCUT2D eigenvalue weighted by Crippen LogP contribution is -1.98. The molecule has 2 nitrogen and oxygen atoms in total. The van der Waals surface area contributed by atoms with Crippen LogP contribution in [0.4, 0.5) is 0 Å². The molecule has 0 aliphatic rings. The molecule has 43 heavy (non-hydrogen) atoms. The van der Waals surface area contributed by atoms with E-state index in [0.29, 0.717) is 23.7 Å². The Morgan fingerprint density at radius 2 is 0.744 bits per heavy atom. The van der Waals surface area contributed by atoms with Crippen molar-refractivity contribution in [3.8, 4) is 41.8 Å². The van der Waals surface area contributed by atoms with Crippen LogP contribution in [0.2, 0.25) is 0 Å². The third-order valence-electron chi connectivity index (χ3n) is 8.40. The van der Waals surface area contributed by atoms with Crippen LogP contribution in [0, 0.1) is 0 Å². The number of hydrogen-bond donors (Lipinski definition) is 0. The fourth-order valence-electron chi connectivity index (χ4n) is 6.17. The number of rotatable bonds is 8. The van der Waals surface area contributed by atoms with Crippen molar-refractivity contribution in [3.63, 3.8) is 0 Å². The Morgan fingerprint density at radius 3 is 1.07 bits per heavy atom. The Bertz CT molecular complexity index is 1710. The SMILES string of the molecule is CC(C)c1cccc(C(C)C)c1-c1ccc(-c2ccc(-c3ccc(-c4c(C(C)C)cccc4C(C)C)s3)c3nsnc23)s1. The summed E-state index contributed by atoms with van der Waals surface area (Å²) in [6.07, 6.45) is 0.